The molecule has 0 fully saturated rings. The maximum atomic E-state index is 12.3. The quantitative estimate of drug-likeness (QED) is 0.203. The van der Waals surface area contributed by atoms with Crippen molar-refractivity contribution in [2.24, 2.45) is 5.10 Å². The third-order valence-corrected chi connectivity index (χ3v) is 4.97. The summed E-state index contributed by atoms with van der Waals surface area (Å²) in [6.07, 6.45) is 1.41. The monoisotopic (exact) mass is 495 g/mol. The molecule has 3 rings (SSSR count). The van der Waals surface area contributed by atoms with E-state index in [1.807, 2.05) is 0 Å². The number of carbonyl (C=O) groups excluding carboxylic acids is 3. The summed E-state index contributed by atoms with van der Waals surface area (Å²) in [5.41, 5.74) is 3.55. The van der Waals surface area contributed by atoms with Crippen LogP contribution in [0.15, 0.2) is 71.8 Å². The topological polar surface area (TPSA) is 115 Å². The third kappa shape index (κ3) is 7.05. The number of hydrogen-bond acceptors (Lipinski definition) is 7. The summed E-state index contributed by atoms with van der Waals surface area (Å²) in [5, 5.41) is 6.66. The first-order chi connectivity index (χ1) is 16.9. The number of carbonyl (C=O) groups is 3. The zero-order valence-corrected chi connectivity index (χ0v) is 19.7. The van der Waals surface area contributed by atoms with E-state index >= 15 is 0 Å². The van der Waals surface area contributed by atoms with Crippen LogP contribution < -0.4 is 25.0 Å². The predicted octanol–water partition coefficient (Wildman–Crippen LogP) is 3.46. The molecule has 0 heterocycles. The Balaban J connectivity index is 1.47. The van der Waals surface area contributed by atoms with Gasteiger partial charge in [0, 0.05) is 5.56 Å². The Bertz CT molecular complexity index is 1240. The number of nitrogens with zero attached hydrogens (tertiary/aromatic N) is 1. The summed E-state index contributed by atoms with van der Waals surface area (Å²) >= 11 is 6.00. The third-order valence-electron chi connectivity index (χ3n) is 4.64. The van der Waals surface area contributed by atoms with Crippen molar-refractivity contribution in [2.45, 2.75) is 0 Å². The van der Waals surface area contributed by atoms with Gasteiger partial charge in [0.1, 0.15) is 5.75 Å². The molecule has 0 aromatic heterocycles. The van der Waals surface area contributed by atoms with Gasteiger partial charge in [-0.15, -0.1) is 0 Å². The molecule has 2 N–H and O–H groups in total. The maximum Gasteiger partial charge on any atom is 0.345 e. The van der Waals surface area contributed by atoms with E-state index < -0.39 is 17.8 Å². The van der Waals surface area contributed by atoms with Crippen molar-refractivity contribution in [3.05, 3.63) is 88.4 Å². The van der Waals surface area contributed by atoms with Crippen molar-refractivity contribution < 1.29 is 28.6 Å². The molecule has 10 heteroatoms. The maximum absolute atomic E-state index is 12.3. The van der Waals surface area contributed by atoms with E-state index in [4.69, 9.17) is 25.8 Å². The molecule has 3 aromatic rings. The second-order valence-corrected chi connectivity index (χ2v) is 7.39. The number of nitrogens with one attached hydrogen (secondary N) is 2. The van der Waals surface area contributed by atoms with E-state index in [1.54, 1.807) is 60.7 Å². The minimum absolute atomic E-state index is 0.265. The van der Waals surface area contributed by atoms with Crippen LogP contribution >= 0.6 is 11.6 Å². The Morgan fingerprint density at radius 3 is 2.34 bits per heavy atom. The fourth-order valence-corrected chi connectivity index (χ4v) is 3.08. The lowest BCUT2D eigenvalue weighted by Gasteiger charge is -2.09. The summed E-state index contributed by atoms with van der Waals surface area (Å²) < 4.78 is 15.6. The van der Waals surface area contributed by atoms with E-state index in [0.29, 0.717) is 33.4 Å². The first kappa shape index (κ1) is 25.3. The number of rotatable bonds is 9. The first-order valence-electron chi connectivity index (χ1n) is 10.3. The summed E-state index contributed by atoms with van der Waals surface area (Å²) in [4.78, 5) is 36.4. The van der Waals surface area contributed by atoms with Crippen molar-refractivity contribution in [1.29, 1.82) is 0 Å². The number of benzene rings is 3. The van der Waals surface area contributed by atoms with Gasteiger partial charge in [0.05, 0.1) is 37.6 Å². The summed E-state index contributed by atoms with van der Waals surface area (Å²) in [7, 11) is 2.96. The normalized spacial score (nSPS) is 10.5. The van der Waals surface area contributed by atoms with Gasteiger partial charge in [0.25, 0.3) is 11.8 Å². The fourth-order valence-electron chi connectivity index (χ4n) is 2.87. The van der Waals surface area contributed by atoms with Gasteiger partial charge in [0.2, 0.25) is 0 Å². The molecule has 3 aromatic carbocycles. The molecular weight excluding hydrogens is 474 g/mol. The molecule has 2 amide bonds. The van der Waals surface area contributed by atoms with Crippen LogP contribution in [0.3, 0.4) is 0 Å². The standard InChI is InChI=1S/C25H22ClN3O6/c1-33-21-12-9-17(13-22(21)34-2)24(31)27-15-23(30)29-28-14-16-7-10-18(11-8-16)35-25(32)19-5-3-4-6-20(19)26/h3-14H,15H2,1-2H3,(H,27,31)(H,29,30). The van der Waals surface area contributed by atoms with Gasteiger partial charge in [-0.1, -0.05) is 23.7 Å². The molecule has 9 nitrogen and oxygen atoms in total. The average molecular weight is 496 g/mol. The van der Waals surface area contributed by atoms with Crippen molar-refractivity contribution in [3.8, 4) is 17.2 Å². The summed E-state index contributed by atoms with van der Waals surface area (Å²) in [5.74, 6) is -0.317. The van der Waals surface area contributed by atoms with Gasteiger partial charge in [-0.3, -0.25) is 9.59 Å². The first-order valence-corrected chi connectivity index (χ1v) is 10.7. The molecule has 0 atom stereocenters. The van der Waals surface area contributed by atoms with Crippen molar-refractivity contribution in [3.63, 3.8) is 0 Å². The van der Waals surface area contributed by atoms with Crippen LogP contribution in [-0.2, 0) is 4.79 Å². The molecule has 0 spiro atoms. The molecule has 0 saturated heterocycles. The zero-order valence-electron chi connectivity index (χ0n) is 18.9. The van der Waals surface area contributed by atoms with Crippen LogP contribution in [0.4, 0.5) is 0 Å². The molecule has 180 valence electrons. The molecular formula is C25H22ClN3O6. The summed E-state index contributed by atoms with van der Waals surface area (Å²) in [6.45, 7) is -0.276. The number of ether oxygens (including phenoxy) is 3. The van der Waals surface area contributed by atoms with Crippen LogP contribution in [0.2, 0.25) is 5.02 Å². The Kier molecular flexibility index (Phi) is 8.80. The van der Waals surface area contributed by atoms with E-state index in [1.165, 1.54) is 26.5 Å². The largest absolute Gasteiger partial charge is 0.493 e. The van der Waals surface area contributed by atoms with E-state index in [9.17, 15) is 14.4 Å². The molecule has 0 aliphatic rings. The lowest BCUT2D eigenvalue weighted by Crippen LogP contribution is -2.34. The Labute approximate surface area is 206 Å². The predicted molar refractivity (Wildman–Crippen MR) is 130 cm³/mol. The van der Waals surface area contributed by atoms with Crippen molar-refractivity contribution >= 4 is 35.6 Å². The number of hydrazone groups is 1. The molecule has 0 aliphatic carbocycles. The average Bonchev–Trinajstić information content (AvgIpc) is 2.88. The number of esters is 1. The number of amides is 2. The molecule has 35 heavy (non-hydrogen) atoms. The molecule has 0 radical (unpaired) electrons. The molecule has 0 bridgehead atoms. The van der Waals surface area contributed by atoms with Crippen molar-refractivity contribution in [2.75, 3.05) is 20.8 Å². The van der Waals surface area contributed by atoms with E-state index in [0.717, 1.165) is 0 Å². The lowest BCUT2D eigenvalue weighted by atomic mass is 10.2. The SMILES string of the molecule is COc1ccc(C(=O)NCC(=O)NN=Cc2ccc(OC(=O)c3ccccc3Cl)cc2)cc1OC. The smallest absolute Gasteiger partial charge is 0.345 e. The van der Waals surface area contributed by atoms with Gasteiger partial charge in [0.15, 0.2) is 11.5 Å². The van der Waals surface area contributed by atoms with Gasteiger partial charge in [-0.05, 0) is 60.2 Å². The number of halogens is 1. The van der Waals surface area contributed by atoms with Crippen LogP contribution in [0, 0.1) is 0 Å². The zero-order chi connectivity index (χ0) is 25.2. The van der Waals surface area contributed by atoms with Crippen LogP contribution in [-0.4, -0.2) is 44.8 Å². The lowest BCUT2D eigenvalue weighted by molar-refractivity contribution is -0.120. The highest BCUT2D eigenvalue weighted by molar-refractivity contribution is 6.33. The molecule has 0 saturated carbocycles. The van der Waals surface area contributed by atoms with Crippen LogP contribution in [0.25, 0.3) is 0 Å². The summed E-state index contributed by atoms with van der Waals surface area (Å²) in [6, 6.07) is 17.7. The number of methoxy groups -OCH3 is 2. The van der Waals surface area contributed by atoms with Crippen LogP contribution in [0.1, 0.15) is 26.3 Å². The minimum Gasteiger partial charge on any atom is -0.493 e. The van der Waals surface area contributed by atoms with Gasteiger partial charge in [-0.25, -0.2) is 10.2 Å². The fraction of sp³-hybridized carbons (Fsp3) is 0.120. The van der Waals surface area contributed by atoms with Crippen molar-refractivity contribution in [1.82, 2.24) is 10.7 Å². The Morgan fingerprint density at radius 1 is 0.943 bits per heavy atom. The number of hydrogen-bond donors (Lipinski definition) is 2. The van der Waals surface area contributed by atoms with Gasteiger partial charge in [-0.2, -0.15) is 5.10 Å². The van der Waals surface area contributed by atoms with Gasteiger partial charge >= 0.3 is 5.97 Å². The van der Waals surface area contributed by atoms with E-state index in [2.05, 4.69) is 15.8 Å². The molecule has 0 aliphatic heterocycles. The van der Waals surface area contributed by atoms with Gasteiger partial charge < -0.3 is 19.5 Å². The highest BCUT2D eigenvalue weighted by Gasteiger charge is 2.13. The Morgan fingerprint density at radius 2 is 1.66 bits per heavy atom. The minimum atomic E-state index is -0.570. The second-order valence-electron chi connectivity index (χ2n) is 6.98. The van der Waals surface area contributed by atoms with Crippen LogP contribution in [0.5, 0.6) is 17.2 Å². The highest BCUT2D eigenvalue weighted by atomic mass is 35.5. The Hall–Kier alpha value is -4.37. The second kappa shape index (κ2) is 12.2. The highest BCUT2D eigenvalue weighted by Crippen LogP contribution is 2.27. The molecule has 0 unspecified atom stereocenters. The van der Waals surface area contributed by atoms with E-state index in [-0.39, 0.29) is 12.1 Å².